The number of rotatable bonds is 21. The second kappa shape index (κ2) is 22.0. The molecule has 0 unspecified atom stereocenters. The van der Waals surface area contributed by atoms with Gasteiger partial charge in [-0.2, -0.15) is 0 Å². The van der Waals surface area contributed by atoms with E-state index in [1.54, 1.807) is 0 Å². The highest BCUT2D eigenvalue weighted by molar-refractivity contribution is 4.84. The Labute approximate surface area is 172 Å². The fourth-order valence-electron chi connectivity index (χ4n) is 3.94. The van der Waals surface area contributed by atoms with Crippen LogP contribution in [0.2, 0.25) is 0 Å². The third-order valence-electron chi connectivity index (χ3n) is 5.88. The van der Waals surface area contributed by atoms with Crippen LogP contribution in [0.25, 0.3) is 0 Å². The standard InChI is InChI=1S/C26H52O/c1-4-7-10-18-23-26(27)24-19-16-14-12-11-13-15-17-22-25(20-8-5-2)21-9-6-3/h16,19,25-27H,4-15,17-18,20-24H2,1-3H3/t26-/m1/s1. The van der Waals surface area contributed by atoms with Gasteiger partial charge in [-0.05, 0) is 31.6 Å². The van der Waals surface area contributed by atoms with Crippen molar-refractivity contribution >= 4 is 0 Å². The first-order valence-corrected chi connectivity index (χ1v) is 12.6. The summed E-state index contributed by atoms with van der Waals surface area (Å²) in [6, 6.07) is 0. The molecule has 0 aliphatic rings. The summed E-state index contributed by atoms with van der Waals surface area (Å²) in [5.74, 6) is 1.00. The summed E-state index contributed by atoms with van der Waals surface area (Å²) in [7, 11) is 0. The highest BCUT2D eigenvalue weighted by Crippen LogP contribution is 2.23. The van der Waals surface area contributed by atoms with Crippen molar-refractivity contribution < 1.29 is 5.11 Å². The third kappa shape index (κ3) is 20.2. The predicted molar refractivity (Wildman–Crippen MR) is 123 cm³/mol. The monoisotopic (exact) mass is 380 g/mol. The van der Waals surface area contributed by atoms with Crippen LogP contribution < -0.4 is 0 Å². The topological polar surface area (TPSA) is 20.2 Å². The molecule has 0 saturated heterocycles. The first kappa shape index (κ1) is 26.7. The number of aliphatic hydroxyl groups excluding tert-OH is 1. The first-order valence-electron chi connectivity index (χ1n) is 12.6. The van der Waals surface area contributed by atoms with Gasteiger partial charge >= 0.3 is 0 Å². The Bertz CT molecular complexity index is 289. The molecule has 0 amide bonds. The Morgan fingerprint density at radius 3 is 1.74 bits per heavy atom. The Hall–Kier alpha value is -0.300. The molecular formula is C26H52O. The van der Waals surface area contributed by atoms with E-state index in [9.17, 15) is 5.11 Å². The van der Waals surface area contributed by atoms with E-state index in [1.807, 2.05) is 0 Å². The number of allylic oxidation sites excluding steroid dienone is 1. The Morgan fingerprint density at radius 1 is 0.556 bits per heavy atom. The van der Waals surface area contributed by atoms with Gasteiger partial charge in [-0.25, -0.2) is 0 Å². The highest BCUT2D eigenvalue weighted by atomic mass is 16.3. The average molecular weight is 381 g/mol. The van der Waals surface area contributed by atoms with Gasteiger partial charge < -0.3 is 5.11 Å². The van der Waals surface area contributed by atoms with Crippen LogP contribution in [0.4, 0.5) is 0 Å². The molecule has 1 heteroatoms. The van der Waals surface area contributed by atoms with E-state index in [-0.39, 0.29) is 6.10 Å². The minimum Gasteiger partial charge on any atom is -0.393 e. The predicted octanol–water partition coefficient (Wildman–Crippen LogP) is 8.99. The highest BCUT2D eigenvalue weighted by Gasteiger charge is 2.07. The molecule has 1 nitrogen and oxygen atoms in total. The number of hydrogen-bond acceptors (Lipinski definition) is 1. The lowest BCUT2D eigenvalue weighted by molar-refractivity contribution is 0.163. The summed E-state index contributed by atoms with van der Waals surface area (Å²) in [4.78, 5) is 0. The Morgan fingerprint density at radius 2 is 1.07 bits per heavy atom. The van der Waals surface area contributed by atoms with Crippen LogP contribution >= 0.6 is 0 Å². The van der Waals surface area contributed by atoms with Crippen LogP contribution in [-0.2, 0) is 0 Å². The zero-order valence-electron chi connectivity index (χ0n) is 19.2. The number of hydrogen-bond donors (Lipinski definition) is 1. The Balaban J connectivity index is 3.48. The molecule has 0 aliphatic carbocycles. The molecular weight excluding hydrogens is 328 g/mol. The summed E-state index contributed by atoms with van der Waals surface area (Å²) >= 11 is 0. The van der Waals surface area contributed by atoms with E-state index < -0.39 is 0 Å². The van der Waals surface area contributed by atoms with Crippen molar-refractivity contribution in [3.63, 3.8) is 0 Å². The fraction of sp³-hybridized carbons (Fsp3) is 0.923. The van der Waals surface area contributed by atoms with Gasteiger partial charge in [-0.3, -0.25) is 0 Å². The zero-order valence-corrected chi connectivity index (χ0v) is 19.2. The molecule has 1 N–H and O–H groups in total. The van der Waals surface area contributed by atoms with Gasteiger partial charge in [0.25, 0.3) is 0 Å². The second-order valence-electron chi connectivity index (χ2n) is 8.71. The number of unbranched alkanes of at least 4 members (excludes halogenated alkanes) is 10. The quantitative estimate of drug-likeness (QED) is 0.155. The molecule has 0 aromatic carbocycles. The summed E-state index contributed by atoms with van der Waals surface area (Å²) in [5, 5.41) is 9.95. The van der Waals surface area contributed by atoms with Crippen molar-refractivity contribution in [2.75, 3.05) is 0 Å². The van der Waals surface area contributed by atoms with E-state index in [0.29, 0.717) is 0 Å². The van der Waals surface area contributed by atoms with Crippen LogP contribution in [0.1, 0.15) is 143 Å². The summed E-state index contributed by atoms with van der Waals surface area (Å²) in [5.41, 5.74) is 0. The van der Waals surface area contributed by atoms with Crippen molar-refractivity contribution in [1.29, 1.82) is 0 Å². The average Bonchev–Trinajstić information content (AvgIpc) is 2.68. The van der Waals surface area contributed by atoms with Crippen molar-refractivity contribution in [3.8, 4) is 0 Å². The molecule has 0 spiro atoms. The largest absolute Gasteiger partial charge is 0.393 e. The maximum Gasteiger partial charge on any atom is 0.0574 e. The molecule has 0 aliphatic heterocycles. The number of aliphatic hydroxyl groups is 1. The second-order valence-corrected chi connectivity index (χ2v) is 8.71. The van der Waals surface area contributed by atoms with Crippen LogP contribution in [0.15, 0.2) is 12.2 Å². The molecule has 0 saturated carbocycles. The van der Waals surface area contributed by atoms with Crippen LogP contribution in [0, 0.1) is 5.92 Å². The molecule has 0 fully saturated rings. The summed E-state index contributed by atoms with van der Waals surface area (Å²) < 4.78 is 0. The minimum absolute atomic E-state index is 0.119. The van der Waals surface area contributed by atoms with Crippen molar-refractivity contribution in [1.82, 2.24) is 0 Å². The van der Waals surface area contributed by atoms with Gasteiger partial charge in [-0.1, -0.05) is 129 Å². The minimum atomic E-state index is -0.119. The molecule has 162 valence electrons. The van der Waals surface area contributed by atoms with Gasteiger partial charge in [0.05, 0.1) is 6.10 Å². The maximum atomic E-state index is 9.95. The first-order chi connectivity index (χ1) is 13.2. The van der Waals surface area contributed by atoms with E-state index in [4.69, 9.17) is 0 Å². The molecule has 0 rings (SSSR count). The molecule has 0 heterocycles. The molecule has 0 bridgehead atoms. The molecule has 1 atom stereocenters. The molecule has 27 heavy (non-hydrogen) atoms. The SMILES string of the molecule is CCCCCC[C@@H](O)CC=CCCCCCCCC(CCCC)CCCC. The van der Waals surface area contributed by atoms with Crippen molar-refractivity contribution in [2.45, 2.75) is 149 Å². The molecule has 0 aromatic rings. The summed E-state index contributed by atoms with van der Waals surface area (Å²) in [6.45, 7) is 6.87. The van der Waals surface area contributed by atoms with Crippen molar-refractivity contribution in [2.24, 2.45) is 5.92 Å². The normalized spacial score (nSPS) is 13.1. The third-order valence-corrected chi connectivity index (χ3v) is 5.88. The molecule has 0 radical (unpaired) electrons. The van der Waals surface area contributed by atoms with Gasteiger partial charge in [0.1, 0.15) is 0 Å². The van der Waals surface area contributed by atoms with E-state index >= 15 is 0 Å². The fourth-order valence-corrected chi connectivity index (χ4v) is 3.94. The van der Waals surface area contributed by atoms with E-state index in [2.05, 4.69) is 32.9 Å². The van der Waals surface area contributed by atoms with Crippen LogP contribution in [-0.4, -0.2) is 11.2 Å². The van der Waals surface area contributed by atoms with Gasteiger partial charge in [-0.15, -0.1) is 0 Å². The van der Waals surface area contributed by atoms with Gasteiger partial charge in [0.2, 0.25) is 0 Å². The zero-order chi connectivity index (χ0) is 20.0. The van der Waals surface area contributed by atoms with Crippen molar-refractivity contribution in [3.05, 3.63) is 12.2 Å². The van der Waals surface area contributed by atoms with Gasteiger partial charge in [0, 0.05) is 0 Å². The lowest BCUT2D eigenvalue weighted by Crippen LogP contribution is -2.04. The van der Waals surface area contributed by atoms with Crippen LogP contribution in [0.3, 0.4) is 0 Å². The smallest absolute Gasteiger partial charge is 0.0574 e. The van der Waals surface area contributed by atoms with Gasteiger partial charge in [0.15, 0.2) is 0 Å². The summed E-state index contributed by atoms with van der Waals surface area (Å²) in [6.07, 6.45) is 29.3. The van der Waals surface area contributed by atoms with Crippen LogP contribution in [0.5, 0.6) is 0 Å². The van der Waals surface area contributed by atoms with E-state index in [1.165, 1.54) is 109 Å². The molecule has 0 aromatic heterocycles. The Kier molecular flexibility index (Phi) is 21.7. The maximum absolute atomic E-state index is 9.95. The van der Waals surface area contributed by atoms with E-state index in [0.717, 1.165) is 18.8 Å². The lowest BCUT2D eigenvalue weighted by Gasteiger charge is -2.16. The lowest BCUT2D eigenvalue weighted by atomic mass is 9.90.